The van der Waals surface area contributed by atoms with Gasteiger partial charge in [0.15, 0.2) is 17.2 Å². The number of ketones is 1. The highest BCUT2D eigenvalue weighted by molar-refractivity contribution is 5.95. The fourth-order valence-electron chi connectivity index (χ4n) is 3.77. The molecule has 0 unspecified atom stereocenters. The summed E-state index contributed by atoms with van der Waals surface area (Å²) in [5.74, 6) is 0.585. The van der Waals surface area contributed by atoms with Gasteiger partial charge in [-0.3, -0.25) is 4.79 Å². The van der Waals surface area contributed by atoms with Crippen molar-refractivity contribution in [1.82, 2.24) is 14.4 Å². The van der Waals surface area contributed by atoms with Crippen LogP contribution >= 0.6 is 0 Å². The first-order valence-electron chi connectivity index (χ1n) is 10.4. The van der Waals surface area contributed by atoms with Crippen molar-refractivity contribution in [3.8, 4) is 5.75 Å². The second-order valence-electron chi connectivity index (χ2n) is 8.01. The molecule has 0 atom stereocenters. The molecule has 0 amide bonds. The number of pyridine rings is 2. The normalized spacial score (nSPS) is 15.2. The quantitative estimate of drug-likeness (QED) is 0.506. The molecule has 4 heterocycles. The Morgan fingerprint density at radius 3 is 2.71 bits per heavy atom. The molecule has 0 bridgehead atoms. The molecule has 1 saturated heterocycles. The highest BCUT2D eigenvalue weighted by Crippen LogP contribution is 2.30. The Hall–Kier alpha value is -2.87. The first-order valence-corrected chi connectivity index (χ1v) is 10.4. The first-order chi connectivity index (χ1) is 14.9. The van der Waals surface area contributed by atoms with Crippen LogP contribution in [0.2, 0.25) is 0 Å². The van der Waals surface area contributed by atoms with Gasteiger partial charge >= 0.3 is 0 Å². The molecular formula is C23H25F2N3O3. The third-order valence-corrected chi connectivity index (χ3v) is 5.24. The zero-order chi connectivity index (χ0) is 22.0. The fraction of sp³-hybridized carbons (Fsp3) is 0.435. The summed E-state index contributed by atoms with van der Waals surface area (Å²) < 4.78 is 39.2. The van der Waals surface area contributed by atoms with Crippen LogP contribution in [-0.4, -0.2) is 39.5 Å². The van der Waals surface area contributed by atoms with Crippen molar-refractivity contribution in [1.29, 1.82) is 0 Å². The lowest BCUT2D eigenvalue weighted by Crippen LogP contribution is -2.14. The Kier molecular flexibility index (Phi) is 6.27. The molecule has 0 N–H and O–H groups in total. The summed E-state index contributed by atoms with van der Waals surface area (Å²) in [6.07, 6.45) is 2.89. The number of aromatic nitrogens is 3. The van der Waals surface area contributed by atoms with Gasteiger partial charge in [0.25, 0.3) is 6.43 Å². The number of alkyl halides is 2. The molecular weight excluding hydrogens is 404 g/mol. The van der Waals surface area contributed by atoms with E-state index in [9.17, 15) is 13.6 Å². The zero-order valence-electron chi connectivity index (χ0n) is 17.6. The Morgan fingerprint density at radius 2 is 2.00 bits per heavy atom. The Bertz CT molecular complexity index is 1080. The van der Waals surface area contributed by atoms with E-state index < -0.39 is 12.1 Å². The van der Waals surface area contributed by atoms with Crippen LogP contribution in [0.5, 0.6) is 5.75 Å². The topological polar surface area (TPSA) is 65.7 Å². The molecule has 31 heavy (non-hydrogen) atoms. The number of carbonyl (C=O) groups is 1. The molecule has 1 aliphatic rings. The molecule has 0 aromatic carbocycles. The van der Waals surface area contributed by atoms with Crippen molar-refractivity contribution in [2.24, 2.45) is 0 Å². The summed E-state index contributed by atoms with van der Waals surface area (Å²) in [5.41, 5.74) is 2.00. The lowest BCUT2D eigenvalue weighted by Gasteiger charge is -2.19. The molecule has 0 radical (unpaired) electrons. The summed E-state index contributed by atoms with van der Waals surface area (Å²) in [6.45, 7) is 5.30. The molecule has 1 fully saturated rings. The number of nitrogens with zero attached hydrogens (tertiary/aromatic N) is 3. The Balaban J connectivity index is 1.65. The molecule has 0 spiro atoms. The number of fused-ring (bicyclic) bond motifs is 1. The molecule has 164 valence electrons. The smallest absolute Gasteiger partial charge is 0.280 e. The maximum atomic E-state index is 12.9. The molecule has 3 aromatic heterocycles. The van der Waals surface area contributed by atoms with Gasteiger partial charge in [0.1, 0.15) is 11.4 Å². The van der Waals surface area contributed by atoms with E-state index >= 15 is 0 Å². The molecule has 8 heteroatoms. The van der Waals surface area contributed by atoms with Gasteiger partial charge in [-0.1, -0.05) is 6.07 Å². The number of rotatable bonds is 7. The summed E-state index contributed by atoms with van der Waals surface area (Å²) in [6, 6.07) is 5.89. The minimum absolute atomic E-state index is 0.0227. The third kappa shape index (κ3) is 4.90. The van der Waals surface area contributed by atoms with Crippen molar-refractivity contribution in [2.45, 2.75) is 51.6 Å². The van der Waals surface area contributed by atoms with Crippen LogP contribution in [0.1, 0.15) is 66.5 Å². The average Bonchev–Trinajstić information content (AvgIpc) is 3.18. The van der Waals surface area contributed by atoms with Crippen molar-refractivity contribution >= 4 is 11.4 Å². The van der Waals surface area contributed by atoms with Gasteiger partial charge in [-0.25, -0.2) is 18.7 Å². The third-order valence-electron chi connectivity index (χ3n) is 5.24. The van der Waals surface area contributed by atoms with Crippen molar-refractivity contribution in [3.05, 3.63) is 59.3 Å². The van der Waals surface area contributed by atoms with Crippen LogP contribution in [0, 0.1) is 0 Å². The molecule has 4 rings (SSSR count). The predicted molar refractivity (Wildman–Crippen MR) is 111 cm³/mol. The van der Waals surface area contributed by atoms with E-state index in [1.54, 1.807) is 6.07 Å². The van der Waals surface area contributed by atoms with Gasteiger partial charge < -0.3 is 13.9 Å². The maximum absolute atomic E-state index is 12.9. The highest BCUT2D eigenvalue weighted by Gasteiger charge is 2.21. The van der Waals surface area contributed by atoms with Gasteiger partial charge in [0.2, 0.25) is 0 Å². The fourth-order valence-corrected chi connectivity index (χ4v) is 3.77. The number of halogens is 2. The lowest BCUT2D eigenvalue weighted by molar-refractivity contribution is 0.0846. The molecule has 6 nitrogen and oxygen atoms in total. The van der Waals surface area contributed by atoms with E-state index in [2.05, 4.69) is 4.98 Å². The van der Waals surface area contributed by atoms with Crippen molar-refractivity contribution in [2.75, 3.05) is 13.2 Å². The van der Waals surface area contributed by atoms with Gasteiger partial charge in [-0.05, 0) is 50.5 Å². The molecule has 0 aliphatic carbocycles. The SMILES string of the molecule is CC(C)Oc1cc(CC(=O)c2cccc(C(F)F)n2)cn2cc(C3CCOCC3)nc12. The molecule has 1 aliphatic heterocycles. The average molecular weight is 429 g/mol. The van der Waals surface area contributed by atoms with E-state index in [1.807, 2.05) is 30.6 Å². The summed E-state index contributed by atoms with van der Waals surface area (Å²) >= 11 is 0. The number of hydrogen-bond donors (Lipinski definition) is 0. The van der Waals surface area contributed by atoms with E-state index in [0.29, 0.717) is 22.9 Å². The van der Waals surface area contributed by atoms with Crippen molar-refractivity contribution in [3.63, 3.8) is 0 Å². The summed E-state index contributed by atoms with van der Waals surface area (Å²) in [7, 11) is 0. The largest absolute Gasteiger partial charge is 0.487 e. The zero-order valence-corrected chi connectivity index (χ0v) is 17.6. The number of ether oxygens (including phenoxy) is 2. The van der Waals surface area contributed by atoms with Gasteiger partial charge in [0, 0.05) is 37.9 Å². The van der Waals surface area contributed by atoms with Crippen LogP contribution in [0.3, 0.4) is 0 Å². The molecule has 3 aromatic rings. The molecule has 0 saturated carbocycles. The van der Waals surface area contributed by atoms with Crippen LogP contribution < -0.4 is 4.74 Å². The highest BCUT2D eigenvalue weighted by atomic mass is 19.3. The van der Waals surface area contributed by atoms with Crippen LogP contribution in [0.4, 0.5) is 8.78 Å². The van der Waals surface area contributed by atoms with Gasteiger partial charge in [0.05, 0.1) is 11.8 Å². The van der Waals surface area contributed by atoms with Gasteiger partial charge in [-0.15, -0.1) is 0 Å². The maximum Gasteiger partial charge on any atom is 0.280 e. The van der Waals surface area contributed by atoms with Crippen molar-refractivity contribution < 1.29 is 23.0 Å². The minimum atomic E-state index is -2.72. The van der Waals surface area contributed by atoms with Gasteiger partial charge in [-0.2, -0.15) is 0 Å². The Labute approximate surface area is 179 Å². The predicted octanol–water partition coefficient (Wildman–Crippen LogP) is 4.77. The lowest BCUT2D eigenvalue weighted by atomic mass is 9.97. The van der Waals surface area contributed by atoms with E-state index in [-0.39, 0.29) is 24.0 Å². The number of imidazole rings is 1. The van der Waals surface area contributed by atoms with E-state index in [1.165, 1.54) is 18.2 Å². The number of hydrogen-bond acceptors (Lipinski definition) is 5. The van der Waals surface area contributed by atoms with Crippen LogP contribution in [-0.2, 0) is 11.2 Å². The second-order valence-corrected chi connectivity index (χ2v) is 8.01. The Morgan fingerprint density at radius 1 is 1.23 bits per heavy atom. The number of Topliss-reactive ketones (excluding diaryl/α,β-unsaturated/α-hetero) is 1. The van der Waals surface area contributed by atoms with Crippen LogP contribution in [0.15, 0.2) is 36.7 Å². The monoisotopic (exact) mass is 429 g/mol. The summed E-state index contributed by atoms with van der Waals surface area (Å²) in [5, 5.41) is 0. The minimum Gasteiger partial charge on any atom is -0.487 e. The first kappa shape index (κ1) is 21.4. The van der Waals surface area contributed by atoms with E-state index in [4.69, 9.17) is 14.5 Å². The second kappa shape index (κ2) is 9.09. The standard InChI is InChI=1S/C23H25F2N3O3/c1-14(2)31-21-11-15(10-20(29)17-4-3-5-18(26-17)22(24)25)12-28-13-19(27-23(21)28)16-6-8-30-9-7-16/h3-5,11-14,16,22H,6-10H2,1-2H3. The van der Waals surface area contributed by atoms with E-state index in [0.717, 1.165) is 31.7 Å². The number of carbonyl (C=O) groups excluding carboxylic acids is 1. The van der Waals surface area contributed by atoms with Crippen LogP contribution in [0.25, 0.3) is 5.65 Å². The summed E-state index contributed by atoms with van der Waals surface area (Å²) in [4.78, 5) is 21.3.